The molecule has 30 heavy (non-hydrogen) atoms. The lowest BCUT2D eigenvalue weighted by molar-refractivity contribution is -0.135. The molecule has 8 nitrogen and oxygen atoms in total. The third-order valence-corrected chi connectivity index (χ3v) is 5.48. The smallest absolute Gasteiger partial charge is 0.325 e. The largest absolute Gasteiger partial charge is 0.493 e. The fourth-order valence-electron chi connectivity index (χ4n) is 4.06. The van der Waals surface area contributed by atoms with Gasteiger partial charge >= 0.3 is 6.03 Å². The van der Waals surface area contributed by atoms with Gasteiger partial charge in [-0.25, -0.2) is 4.79 Å². The summed E-state index contributed by atoms with van der Waals surface area (Å²) >= 11 is 0. The van der Waals surface area contributed by atoms with Crippen molar-refractivity contribution in [2.24, 2.45) is 0 Å². The molecule has 2 aromatic carbocycles. The van der Waals surface area contributed by atoms with Crippen LogP contribution in [-0.4, -0.2) is 40.9 Å². The lowest BCUT2D eigenvalue weighted by Gasteiger charge is -2.33. The second-order valence-corrected chi connectivity index (χ2v) is 7.25. The molecule has 150 valence electrons. The summed E-state index contributed by atoms with van der Waals surface area (Å²) in [4.78, 5) is 43.8. The van der Waals surface area contributed by atoms with Crippen molar-refractivity contribution in [3.8, 4) is 5.75 Å². The van der Waals surface area contributed by atoms with E-state index in [2.05, 4.69) is 15.6 Å². The summed E-state index contributed by atoms with van der Waals surface area (Å²) in [5.74, 6) is -0.350. The number of anilines is 1. The van der Waals surface area contributed by atoms with E-state index in [9.17, 15) is 14.4 Å². The highest BCUT2D eigenvalue weighted by atomic mass is 16.5. The number of nitrogens with zero attached hydrogens (tertiary/aromatic N) is 2. The fraction of sp³-hybridized carbons (Fsp3) is 0.182. The second-order valence-electron chi connectivity index (χ2n) is 7.25. The summed E-state index contributed by atoms with van der Waals surface area (Å²) in [7, 11) is 0. The molecule has 1 atom stereocenters. The maximum atomic E-state index is 13.3. The summed E-state index contributed by atoms with van der Waals surface area (Å²) in [6.07, 6.45) is 1.98. The van der Waals surface area contributed by atoms with E-state index in [0.717, 1.165) is 15.8 Å². The summed E-state index contributed by atoms with van der Waals surface area (Å²) in [5.41, 5.74) is 0.722. The molecule has 1 fully saturated rings. The minimum atomic E-state index is -1.20. The van der Waals surface area contributed by atoms with Crippen LogP contribution in [0.3, 0.4) is 0 Å². The van der Waals surface area contributed by atoms with Gasteiger partial charge in [0.15, 0.2) is 5.54 Å². The van der Waals surface area contributed by atoms with E-state index in [1.54, 1.807) is 42.6 Å². The molecule has 8 heteroatoms. The Morgan fingerprint density at radius 2 is 2.00 bits per heavy atom. The van der Waals surface area contributed by atoms with Crippen molar-refractivity contribution in [3.05, 3.63) is 66.4 Å². The number of carbonyl (C=O) groups excluding carboxylic acids is 3. The number of hydrogen-bond donors (Lipinski definition) is 2. The van der Waals surface area contributed by atoms with E-state index in [1.807, 2.05) is 18.2 Å². The van der Waals surface area contributed by atoms with Gasteiger partial charge in [-0.3, -0.25) is 19.5 Å². The molecule has 1 saturated heterocycles. The topological polar surface area (TPSA) is 101 Å². The highest BCUT2D eigenvalue weighted by Gasteiger charge is 2.55. The molecule has 1 spiro atoms. The van der Waals surface area contributed by atoms with Crippen molar-refractivity contribution in [3.63, 3.8) is 0 Å². The third-order valence-electron chi connectivity index (χ3n) is 5.48. The number of nitrogens with one attached hydrogen (secondary N) is 2. The van der Waals surface area contributed by atoms with Gasteiger partial charge < -0.3 is 15.4 Å². The van der Waals surface area contributed by atoms with Gasteiger partial charge in [-0.2, -0.15) is 0 Å². The average molecular weight is 402 g/mol. The van der Waals surface area contributed by atoms with Gasteiger partial charge in [0.05, 0.1) is 17.8 Å². The number of imide groups is 1. The Hall–Kier alpha value is -3.94. The van der Waals surface area contributed by atoms with Crippen LogP contribution >= 0.6 is 0 Å². The quantitative estimate of drug-likeness (QED) is 0.656. The Kier molecular flexibility index (Phi) is 4.13. The Morgan fingerprint density at radius 3 is 2.90 bits per heavy atom. The van der Waals surface area contributed by atoms with E-state index >= 15 is 0 Å². The van der Waals surface area contributed by atoms with Gasteiger partial charge in [-0.05, 0) is 30.3 Å². The Balaban J connectivity index is 1.39. The molecule has 1 aromatic heterocycles. The van der Waals surface area contributed by atoms with E-state index in [-0.39, 0.29) is 6.54 Å². The molecule has 2 N–H and O–H groups in total. The monoisotopic (exact) mass is 402 g/mol. The number of ether oxygens (including phenoxy) is 1. The van der Waals surface area contributed by atoms with Crippen molar-refractivity contribution in [1.82, 2.24) is 15.2 Å². The van der Waals surface area contributed by atoms with Crippen molar-refractivity contribution < 1.29 is 19.1 Å². The standard InChI is InChI=1S/C22H18N4O4/c27-19(24-17-8-3-7-16-14(17)5-4-11-23-16)13-26-20(28)22(25-21(26)29)10-12-30-18-9-2-1-6-15(18)22/h1-9,11H,10,12-13H2,(H,24,27)(H,25,29). The maximum absolute atomic E-state index is 13.3. The van der Waals surface area contributed by atoms with E-state index in [1.165, 1.54) is 0 Å². The van der Waals surface area contributed by atoms with Crippen LogP contribution in [-0.2, 0) is 15.1 Å². The molecule has 2 aliphatic heterocycles. The van der Waals surface area contributed by atoms with Crippen LogP contribution in [0.2, 0.25) is 0 Å². The highest BCUT2D eigenvalue weighted by molar-refractivity contribution is 6.11. The second kappa shape index (κ2) is 6.84. The van der Waals surface area contributed by atoms with E-state index in [4.69, 9.17) is 4.74 Å². The first-order chi connectivity index (χ1) is 14.6. The fourth-order valence-corrected chi connectivity index (χ4v) is 4.06. The molecule has 4 amide bonds. The molecule has 5 rings (SSSR count). The van der Waals surface area contributed by atoms with Crippen LogP contribution in [0.5, 0.6) is 5.75 Å². The lowest BCUT2D eigenvalue weighted by atomic mass is 9.84. The van der Waals surface area contributed by atoms with Gasteiger partial charge in [0.2, 0.25) is 5.91 Å². The number of amides is 4. The normalized spacial score (nSPS) is 20.1. The first-order valence-electron chi connectivity index (χ1n) is 9.58. The molecule has 3 heterocycles. The van der Waals surface area contributed by atoms with E-state index in [0.29, 0.717) is 30.0 Å². The first-order valence-corrected chi connectivity index (χ1v) is 9.58. The molecule has 0 radical (unpaired) electrons. The van der Waals surface area contributed by atoms with Gasteiger partial charge in [-0.15, -0.1) is 0 Å². The molecule has 0 bridgehead atoms. The summed E-state index contributed by atoms with van der Waals surface area (Å²) in [6, 6.07) is 15.5. The Bertz CT molecular complexity index is 1190. The number of para-hydroxylation sites is 1. The summed E-state index contributed by atoms with van der Waals surface area (Å²) < 4.78 is 5.62. The number of aromatic nitrogens is 1. The molecule has 2 aliphatic rings. The minimum Gasteiger partial charge on any atom is -0.493 e. The number of hydrogen-bond acceptors (Lipinski definition) is 5. The van der Waals surface area contributed by atoms with Crippen molar-refractivity contribution in [1.29, 1.82) is 0 Å². The highest BCUT2D eigenvalue weighted by Crippen LogP contribution is 2.40. The predicted molar refractivity (Wildman–Crippen MR) is 109 cm³/mol. The van der Waals surface area contributed by atoms with Crippen LogP contribution in [0.1, 0.15) is 12.0 Å². The number of urea groups is 1. The molecular weight excluding hydrogens is 384 g/mol. The zero-order valence-corrected chi connectivity index (χ0v) is 15.9. The zero-order valence-electron chi connectivity index (χ0n) is 15.9. The zero-order chi connectivity index (χ0) is 20.7. The molecule has 0 saturated carbocycles. The van der Waals surface area contributed by atoms with Crippen molar-refractivity contribution in [2.45, 2.75) is 12.0 Å². The number of benzene rings is 2. The lowest BCUT2D eigenvalue weighted by Crippen LogP contribution is -2.48. The number of fused-ring (bicyclic) bond motifs is 3. The number of carbonyl (C=O) groups is 3. The van der Waals surface area contributed by atoms with Gasteiger partial charge in [0, 0.05) is 23.6 Å². The summed E-state index contributed by atoms with van der Waals surface area (Å²) in [6.45, 7) is -0.0852. The molecular formula is C22H18N4O4. The van der Waals surface area contributed by atoms with Crippen LogP contribution in [0.25, 0.3) is 10.9 Å². The SMILES string of the molecule is O=C(CN1C(=O)NC2(CCOc3ccccc32)C1=O)Nc1cccc2ncccc12. The average Bonchev–Trinajstić information content (AvgIpc) is 2.99. The van der Waals surface area contributed by atoms with Crippen molar-refractivity contribution in [2.75, 3.05) is 18.5 Å². The Labute approximate surface area is 171 Å². The van der Waals surface area contributed by atoms with Crippen LogP contribution in [0.15, 0.2) is 60.8 Å². The first kappa shape index (κ1) is 18.1. The van der Waals surface area contributed by atoms with Crippen LogP contribution in [0.4, 0.5) is 10.5 Å². The van der Waals surface area contributed by atoms with Crippen molar-refractivity contribution >= 4 is 34.4 Å². The number of pyridine rings is 1. The van der Waals surface area contributed by atoms with Gasteiger partial charge in [0.25, 0.3) is 5.91 Å². The van der Waals surface area contributed by atoms with Gasteiger partial charge in [-0.1, -0.05) is 24.3 Å². The van der Waals surface area contributed by atoms with Gasteiger partial charge in [0.1, 0.15) is 12.3 Å². The third kappa shape index (κ3) is 2.76. The maximum Gasteiger partial charge on any atom is 0.325 e. The predicted octanol–water partition coefficient (Wildman–Crippen LogP) is 2.40. The molecule has 0 aliphatic carbocycles. The molecule has 1 unspecified atom stereocenters. The van der Waals surface area contributed by atoms with Crippen LogP contribution < -0.4 is 15.4 Å². The minimum absolute atomic E-state index is 0.298. The Morgan fingerprint density at radius 1 is 1.13 bits per heavy atom. The van der Waals surface area contributed by atoms with E-state index < -0.39 is 23.4 Å². The number of rotatable bonds is 3. The van der Waals surface area contributed by atoms with Crippen LogP contribution in [0, 0.1) is 0 Å². The summed E-state index contributed by atoms with van der Waals surface area (Å²) in [5, 5.41) is 6.36. The molecule has 3 aromatic rings.